The van der Waals surface area contributed by atoms with Gasteiger partial charge in [0.1, 0.15) is 0 Å². The first-order valence-corrected chi connectivity index (χ1v) is 7.68. The van der Waals surface area contributed by atoms with Crippen molar-refractivity contribution in [3.8, 4) is 0 Å². The maximum Gasteiger partial charge on any atom is 0.0454 e. The Morgan fingerprint density at radius 2 is 2.12 bits per heavy atom. The minimum Gasteiger partial charge on any atom is -0.149 e. The molecule has 0 nitrogen and oxygen atoms in total. The summed E-state index contributed by atoms with van der Waals surface area (Å²) in [6.07, 6.45) is 1.04. The number of hydrogen-bond donors (Lipinski definition) is 0. The van der Waals surface area contributed by atoms with E-state index in [1.165, 1.54) is 20.5 Å². The fraction of sp³-hybridized carbons (Fsp3) is 0.231. The van der Waals surface area contributed by atoms with E-state index in [1.54, 1.807) is 0 Å². The van der Waals surface area contributed by atoms with E-state index >= 15 is 0 Å². The molecule has 1 atom stereocenters. The van der Waals surface area contributed by atoms with Gasteiger partial charge in [-0.05, 0) is 36.4 Å². The molecule has 0 saturated carbocycles. The van der Waals surface area contributed by atoms with Crippen LogP contribution in [0.5, 0.6) is 0 Å². The standard InChI is InChI=1S/C13H12Br2S/c1-9-4-5-12(14)11(7-9)13(15)8-10-3-2-6-16-10/h2-7,13H,8H2,1H3. The van der Waals surface area contributed by atoms with Gasteiger partial charge >= 0.3 is 0 Å². The van der Waals surface area contributed by atoms with Crippen LogP contribution in [-0.4, -0.2) is 0 Å². The molecule has 1 heterocycles. The van der Waals surface area contributed by atoms with Gasteiger partial charge in [-0.1, -0.05) is 55.6 Å². The van der Waals surface area contributed by atoms with Crippen molar-refractivity contribution < 1.29 is 0 Å². The number of halogens is 2. The van der Waals surface area contributed by atoms with Crippen LogP contribution in [0.25, 0.3) is 0 Å². The van der Waals surface area contributed by atoms with Gasteiger partial charge in [0.2, 0.25) is 0 Å². The smallest absolute Gasteiger partial charge is 0.0454 e. The number of thiophene rings is 1. The molecule has 0 aliphatic carbocycles. The van der Waals surface area contributed by atoms with Crippen LogP contribution in [0.15, 0.2) is 40.2 Å². The second-order valence-corrected chi connectivity index (χ2v) is 6.77. The summed E-state index contributed by atoms with van der Waals surface area (Å²) in [4.78, 5) is 1.79. The van der Waals surface area contributed by atoms with Gasteiger partial charge in [-0.15, -0.1) is 11.3 Å². The van der Waals surface area contributed by atoms with Crippen molar-refractivity contribution in [2.45, 2.75) is 18.2 Å². The van der Waals surface area contributed by atoms with Crippen LogP contribution in [0, 0.1) is 6.92 Å². The molecule has 0 aliphatic rings. The lowest BCUT2D eigenvalue weighted by atomic mass is 10.1. The molecule has 1 unspecified atom stereocenters. The highest BCUT2D eigenvalue weighted by Gasteiger charge is 2.12. The Bertz CT molecular complexity index is 463. The SMILES string of the molecule is Cc1ccc(Br)c(C(Br)Cc2cccs2)c1. The zero-order valence-corrected chi connectivity index (χ0v) is 12.9. The lowest BCUT2D eigenvalue weighted by Gasteiger charge is -2.12. The third-order valence-corrected chi connectivity index (χ3v) is 4.89. The van der Waals surface area contributed by atoms with Gasteiger partial charge in [0, 0.05) is 14.2 Å². The van der Waals surface area contributed by atoms with E-state index in [-0.39, 0.29) is 0 Å². The zero-order chi connectivity index (χ0) is 11.5. The predicted molar refractivity (Wildman–Crippen MR) is 78.6 cm³/mol. The van der Waals surface area contributed by atoms with E-state index in [4.69, 9.17) is 0 Å². The van der Waals surface area contributed by atoms with Crippen molar-refractivity contribution in [3.05, 3.63) is 56.2 Å². The first kappa shape index (κ1) is 12.3. The van der Waals surface area contributed by atoms with Crippen molar-refractivity contribution in [1.29, 1.82) is 0 Å². The molecule has 0 radical (unpaired) electrons. The van der Waals surface area contributed by atoms with Gasteiger partial charge in [0.05, 0.1) is 0 Å². The number of benzene rings is 1. The Morgan fingerprint density at radius 1 is 1.31 bits per heavy atom. The zero-order valence-electron chi connectivity index (χ0n) is 8.91. The van der Waals surface area contributed by atoms with E-state index in [1.807, 2.05) is 11.3 Å². The lowest BCUT2D eigenvalue weighted by Crippen LogP contribution is -1.95. The van der Waals surface area contributed by atoms with E-state index in [0.717, 1.165) is 6.42 Å². The average Bonchev–Trinajstić information content (AvgIpc) is 2.74. The monoisotopic (exact) mass is 358 g/mol. The Labute approximate surface area is 117 Å². The van der Waals surface area contributed by atoms with Crippen LogP contribution in [0.4, 0.5) is 0 Å². The van der Waals surface area contributed by atoms with Crippen LogP contribution in [0.1, 0.15) is 20.8 Å². The molecule has 0 amide bonds. The molecule has 84 valence electrons. The molecule has 0 aliphatic heterocycles. The molecule has 0 spiro atoms. The van der Waals surface area contributed by atoms with Gasteiger partial charge in [-0.3, -0.25) is 0 Å². The van der Waals surface area contributed by atoms with E-state index < -0.39 is 0 Å². The molecule has 2 aromatic rings. The predicted octanol–water partition coefficient (Wildman–Crippen LogP) is 5.50. The highest BCUT2D eigenvalue weighted by atomic mass is 79.9. The first-order chi connectivity index (χ1) is 7.66. The van der Waals surface area contributed by atoms with Gasteiger partial charge in [-0.2, -0.15) is 0 Å². The topological polar surface area (TPSA) is 0 Å². The molecule has 1 aromatic heterocycles. The minimum atomic E-state index is 0.375. The van der Waals surface area contributed by atoms with Crippen molar-refractivity contribution in [2.75, 3.05) is 0 Å². The van der Waals surface area contributed by atoms with Crippen molar-refractivity contribution in [3.63, 3.8) is 0 Å². The molecular formula is C13H12Br2S. The summed E-state index contributed by atoms with van der Waals surface area (Å²) in [5.41, 5.74) is 2.63. The number of hydrogen-bond acceptors (Lipinski definition) is 1. The third-order valence-electron chi connectivity index (χ3n) is 2.45. The Kier molecular flexibility index (Phi) is 4.22. The van der Waals surface area contributed by atoms with Crippen molar-refractivity contribution >= 4 is 43.2 Å². The third kappa shape index (κ3) is 2.96. The fourth-order valence-corrected chi connectivity index (χ4v) is 4.14. The molecular weight excluding hydrogens is 348 g/mol. The summed E-state index contributed by atoms with van der Waals surface area (Å²) in [5.74, 6) is 0. The molecule has 0 N–H and O–H groups in total. The first-order valence-electron chi connectivity index (χ1n) is 5.09. The average molecular weight is 360 g/mol. The molecule has 16 heavy (non-hydrogen) atoms. The normalized spacial score (nSPS) is 12.7. The van der Waals surface area contributed by atoms with Gasteiger partial charge < -0.3 is 0 Å². The Hall–Kier alpha value is -0.120. The van der Waals surface area contributed by atoms with Gasteiger partial charge in [-0.25, -0.2) is 0 Å². The van der Waals surface area contributed by atoms with Crippen LogP contribution < -0.4 is 0 Å². The lowest BCUT2D eigenvalue weighted by molar-refractivity contribution is 0.960. The van der Waals surface area contributed by atoms with Crippen LogP contribution >= 0.6 is 43.2 Å². The summed E-state index contributed by atoms with van der Waals surface area (Å²) in [7, 11) is 0. The fourth-order valence-electron chi connectivity index (χ4n) is 1.62. The minimum absolute atomic E-state index is 0.375. The highest BCUT2D eigenvalue weighted by Crippen LogP contribution is 2.34. The number of aryl methyl sites for hydroxylation is 1. The molecule has 1 aromatic carbocycles. The van der Waals surface area contributed by atoms with Crippen molar-refractivity contribution in [1.82, 2.24) is 0 Å². The van der Waals surface area contributed by atoms with Crippen LogP contribution in [0.2, 0.25) is 0 Å². The van der Waals surface area contributed by atoms with E-state index in [9.17, 15) is 0 Å². The van der Waals surface area contributed by atoms with Gasteiger partial charge in [0.15, 0.2) is 0 Å². The molecule has 0 bridgehead atoms. The van der Waals surface area contributed by atoms with Gasteiger partial charge in [0.25, 0.3) is 0 Å². The second-order valence-electron chi connectivity index (χ2n) is 3.78. The van der Waals surface area contributed by atoms with Crippen LogP contribution in [0.3, 0.4) is 0 Å². The van der Waals surface area contributed by atoms with E-state index in [2.05, 4.69) is 74.5 Å². The molecule has 2 rings (SSSR count). The van der Waals surface area contributed by atoms with E-state index in [0.29, 0.717) is 4.83 Å². The summed E-state index contributed by atoms with van der Waals surface area (Å²) in [5, 5.41) is 2.13. The molecule has 0 saturated heterocycles. The summed E-state index contributed by atoms with van der Waals surface area (Å²) < 4.78 is 1.18. The largest absolute Gasteiger partial charge is 0.149 e. The van der Waals surface area contributed by atoms with Crippen LogP contribution in [-0.2, 0) is 6.42 Å². The quantitative estimate of drug-likeness (QED) is 0.635. The summed E-state index contributed by atoms with van der Waals surface area (Å²) >= 11 is 9.19. The second kappa shape index (κ2) is 5.48. The summed E-state index contributed by atoms with van der Waals surface area (Å²) in [6.45, 7) is 2.13. The van der Waals surface area contributed by atoms with Crippen molar-refractivity contribution in [2.24, 2.45) is 0 Å². The molecule has 0 fully saturated rings. The Balaban J connectivity index is 2.20. The maximum atomic E-state index is 3.77. The number of rotatable bonds is 3. The number of alkyl halides is 1. The maximum absolute atomic E-state index is 3.77. The summed E-state index contributed by atoms with van der Waals surface area (Å²) in [6, 6.07) is 10.8. The Morgan fingerprint density at radius 3 is 2.81 bits per heavy atom. The molecule has 3 heteroatoms. The highest BCUT2D eigenvalue weighted by molar-refractivity contribution is 9.11.